The first-order valence-electron chi connectivity index (χ1n) is 10.1. The fourth-order valence-electron chi connectivity index (χ4n) is 3.58. The number of aliphatic hydroxyl groups excluding tert-OH is 1. The van der Waals surface area contributed by atoms with Gasteiger partial charge < -0.3 is 33.8 Å². The van der Waals surface area contributed by atoms with Gasteiger partial charge in [-0.2, -0.15) is 0 Å². The van der Waals surface area contributed by atoms with Crippen LogP contribution < -0.4 is 0 Å². The predicted molar refractivity (Wildman–Crippen MR) is 109 cm³/mol. The number of carbonyl (C=O) groups excluding carboxylic acids is 2. The fraction of sp³-hybridized carbons (Fsp3) is 0.800. The van der Waals surface area contributed by atoms with Gasteiger partial charge >= 0.3 is 5.97 Å². The van der Waals surface area contributed by atoms with Gasteiger partial charge in [-0.3, -0.25) is 4.79 Å². The van der Waals surface area contributed by atoms with Crippen LogP contribution in [0, 0.1) is 5.92 Å². The van der Waals surface area contributed by atoms with Crippen molar-refractivity contribution in [2.75, 3.05) is 19.9 Å². The van der Waals surface area contributed by atoms with Crippen LogP contribution >= 0.6 is 0 Å². The highest BCUT2D eigenvalue weighted by molar-refractivity contribution is 6.72. The molecule has 2 N–H and O–H groups in total. The molecule has 8 nitrogen and oxygen atoms in total. The number of carbonyl (C=O) groups is 2. The van der Waals surface area contributed by atoms with Gasteiger partial charge in [0.2, 0.25) is 0 Å². The van der Waals surface area contributed by atoms with Crippen LogP contribution in [0.2, 0.25) is 18.1 Å². The number of ether oxygens (including phenoxy) is 3. The van der Waals surface area contributed by atoms with E-state index >= 15 is 0 Å². The van der Waals surface area contributed by atoms with E-state index in [0.717, 1.165) is 0 Å². The third-order valence-corrected chi connectivity index (χ3v) is 9.59. The minimum atomic E-state index is -2.53. The summed E-state index contributed by atoms with van der Waals surface area (Å²) in [7, 11) is -2.53. The van der Waals surface area contributed by atoms with E-state index in [9.17, 15) is 19.5 Å². The highest BCUT2D eigenvalue weighted by atomic mass is 28.4. The molecule has 0 aliphatic carbocycles. The molecule has 0 aromatic carbocycles. The average Bonchev–Trinajstić information content (AvgIpc) is 2.96. The van der Waals surface area contributed by atoms with E-state index in [1.807, 2.05) is 44.1 Å². The van der Waals surface area contributed by atoms with Crippen molar-refractivity contribution >= 4 is 20.1 Å². The summed E-state index contributed by atoms with van der Waals surface area (Å²) in [6.45, 7) is 9.79. The van der Waals surface area contributed by atoms with Crippen molar-refractivity contribution in [1.82, 2.24) is 4.90 Å². The van der Waals surface area contributed by atoms with Crippen LogP contribution in [0.1, 0.15) is 40.0 Å². The Morgan fingerprint density at radius 1 is 1.31 bits per heavy atom. The summed E-state index contributed by atoms with van der Waals surface area (Å²) < 4.78 is 17.3. The van der Waals surface area contributed by atoms with Crippen LogP contribution in [0.25, 0.3) is 0 Å². The molecule has 0 radical (unpaired) electrons. The van der Waals surface area contributed by atoms with Crippen molar-refractivity contribution < 1.29 is 33.7 Å². The van der Waals surface area contributed by atoms with Crippen LogP contribution in [0.5, 0.6) is 0 Å². The Morgan fingerprint density at radius 3 is 2.52 bits per heavy atom. The molecule has 2 aliphatic rings. The van der Waals surface area contributed by atoms with Crippen molar-refractivity contribution in [1.29, 1.82) is 0 Å². The van der Waals surface area contributed by atoms with Gasteiger partial charge in [0, 0.05) is 18.5 Å². The summed E-state index contributed by atoms with van der Waals surface area (Å²) in [5.74, 6) is -0.835. The maximum atomic E-state index is 12.4. The summed E-state index contributed by atoms with van der Waals surface area (Å²) in [4.78, 5) is 36.2. The standard InChI is InChI=1S/C20H35NO7Si/c1-14(23)7-8-17(24)28-18-15(11-20(2,3)29(4,5)25)19(27-16(18)12-22)21-9-6-10-26-13-21/h6,9,15-16,18-19,22,25H,7-8,10-13H2,1-5H3/t15-,16+,18?,19+/m0/s1. The molecule has 0 amide bonds. The molecule has 0 bridgehead atoms. The maximum Gasteiger partial charge on any atom is 0.306 e. The molecule has 2 heterocycles. The number of nitrogens with zero attached hydrogens (tertiary/aromatic N) is 1. The van der Waals surface area contributed by atoms with Crippen molar-refractivity contribution in [2.24, 2.45) is 5.92 Å². The smallest absolute Gasteiger partial charge is 0.306 e. The summed E-state index contributed by atoms with van der Waals surface area (Å²) in [6, 6.07) is 0. The second kappa shape index (κ2) is 9.70. The second-order valence-electron chi connectivity index (χ2n) is 9.11. The van der Waals surface area contributed by atoms with Gasteiger partial charge in [-0.15, -0.1) is 0 Å². The number of ketones is 1. The van der Waals surface area contributed by atoms with Crippen molar-refractivity contribution in [3.63, 3.8) is 0 Å². The zero-order valence-electron chi connectivity index (χ0n) is 18.1. The lowest BCUT2D eigenvalue weighted by Gasteiger charge is -2.41. The van der Waals surface area contributed by atoms with Gasteiger partial charge in [0.05, 0.1) is 19.6 Å². The largest absolute Gasteiger partial charge is 0.459 e. The van der Waals surface area contributed by atoms with Gasteiger partial charge in [0.25, 0.3) is 0 Å². The molecule has 4 atom stereocenters. The van der Waals surface area contributed by atoms with E-state index in [2.05, 4.69) is 0 Å². The fourth-order valence-corrected chi connectivity index (χ4v) is 4.32. The van der Waals surface area contributed by atoms with E-state index in [4.69, 9.17) is 14.2 Å². The van der Waals surface area contributed by atoms with Crippen LogP contribution in [-0.4, -0.2) is 73.3 Å². The van der Waals surface area contributed by atoms with Gasteiger partial charge in [0.1, 0.15) is 30.9 Å². The Balaban J connectivity index is 2.27. The Morgan fingerprint density at radius 2 is 2.00 bits per heavy atom. The highest BCUT2D eigenvalue weighted by Crippen LogP contribution is 2.47. The zero-order chi connectivity index (χ0) is 21.8. The molecule has 0 aromatic heterocycles. The van der Waals surface area contributed by atoms with Crippen molar-refractivity contribution in [3.05, 3.63) is 12.3 Å². The number of esters is 1. The van der Waals surface area contributed by atoms with E-state index < -0.39 is 32.7 Å². The van der Waals surface area contributed by atoms with Gasteiger partial charge in [-0.25, -0.2) is 0 Å². The number of hydrogen-bond donors (Lipinski definition) is 2. The lowest BCUT2D eigenvalue weighted by Crippen LogP contribution is -2.46. The summed E-state index contributed by atoms with van der Waals surface area (Å²) in [5.41, 5.74) is 0. The molecule has 1 unspecified atom stereocenters. The first-order chi connectivity index (χ1) is 13.5. The molecule has 2 rings (SSSR count). The van der Waals surface area contributed by atoms with Crippen LogP contribution in [0.4, 0.5) is 0 Å². The molecule has 29 heavy (non-hydrogen) atoms. The Labute approximate surface area is 173 Å². The van der Waals surface area contributed by atoms with Crippen molar-refractivity contribution in [2.45, 2.75) is 76.6 Å². The third kappa shape index (κ3) is 6.11. The zero-order valence-corrected chi connectivity index (χ0v) is 19.1. The predicted octanol–water partition coefficient (Wildman–Crippen LogP) is 1.77. The molecule has 2 aliphatic heterocycles. The molecule has 0 saturated carbocycles. The second-order valence-corrected chi connectivity index (χ2v) is 13.6. The van der Waals surface area contributed by atoms with Gasteiger partial charge in [0.15, 0.2) is 8.32 Å². The Hall–Kier alpha value is -1.26. The van der Waals surface area contributed by atoms with Crippen LogP contribution in [-0.2, 0) is 23.8 Å². The minimum Gasteiger partial charge on any atom is -0.459 e. The number of aliphatic hydroxyl groups is 1. The van der Waals surface area contributed by atoms with E-state index in [-0.39, 0.29) is 36.2 Å². The Bertz CT molecular complexity index is 616. The molecular weight excluding hydrogens is 394 g/mol. The highest BCUT2D eigenvalue weighted by Gasteiger charge is 2.52. The van der Waals surface area contributed by atoms with E-state index in [1.54, 1.807) is 0 Å². The first-order valence-corrected chi connectivity index (χ1v) is 13.1. The molecule has 166 valence electrons. The van der Waals surface area contributed by atoms with Crippen LogP contribution in [0.15, 0.2) is 12.3 Å². The number of Topliss-reactive ketones (excluding diaryl/α,β-unsaturated/α-hetero) is 1. The SMILES string of the molecule is CC(=O)CCC(=O)OC1[C@@H](CO)O[C@@H](N2C=CCOC2)[C@H]1CC(C)(C)[Si](C)(C)O. The normalized spacial score (nSPS) is 27.9. The number of hydrogen-bond acceptors (Lipinski definition) is 8. The molecule has 0 aromatic rings. The average molecular weight is 430 g/mol. The van der Waals surface area contributed by atoms with Gasteiger partial charge in [-0.05, 0) is 37.6 Å². The summed E-state index contributed by atoms with van der Waals surface area (Å²) in [5, 5.41) is 9.50. The molecular formula is C20H35NO7Si. The lowest BCUT2D eigenvalue weighted by molar-refractivity contribution is -0.155. The molecule has 9 heteroatoms. The van der Waals surface area contributed by atoms with Crippen LogP contribution in [0.3, 0.4) is 0 Å². The molecule has 1 fully saturated rings. The topological polar surface area (TPSA) is 106 Å². The molecule has 0 spiro atoms. The summed E-state index contributed by atoms with van der Waals surface area (Å²) >= 11 is 0. The minimum absolute atomic E-state index is 0.00225. The monoisotopic (exact) mass is 429 g/mol. The quantitative estimate of drug-likeness (QED) is 0.422. The summed E-state index contributed by atoms with van der Waals surface area (Å²) in [6.07, 6.45) is 2.64. The number of rotatable bonds is 9. The van der Waals surface area contributed by atoms with E-state index in [0.29, 0.717) is 19.8 Å². The van der Waals surface area contributed by atoms with Crippen molar-refractivity contribution in [3.8, 4) is 0 Å². The van der Waals surface area contributed by atoms with Gasteiger partial charge in [-0.1, -0.05) is 13.8 Å². The molecule has 1 saturated heterocycles. The third-order valence-electron chi connectivity index (χ3n) is 6.08. The Kier molecular flexibility index (Phi) is 8.03. The lowest BCUT2D eigenvalue weighted by atomic mass is 9.89. The first kappa shape index (κ1) is 24.0. The van der Waals surface area contributed by atoms with E-state index in [1.165, 1.54) is 6.92 Å². The maximum absolute atomic E-state index is 12.4.